The molecule has 1 saturated carbocycles. The zero-order valence-corrected chi connectivity index (χ0v) is 13.0. The van der Waals surface area contributed by atoms with Crippen molar-refractivity contribution in [1.82, 2.24) is 14.9 Å². The fourth-order valence-electron chi connectivity index (χ4n) is 2.16. The first kappa shape index (κ1) is 14.6. The minimum absolute atomic E-state index is 0.689. The zero-order chi connectivity index (χ0) is 14.7. The molecular weight excluding hydrogens is 286 g/mol. The number of nitrogens with one attached hydrogen (secondary N) is 1. The van der Waals surface area contributed by atoms with Crippen LogP contribution in [0.15, 0.2) is 11.4 Å². The number of nitrogens with zero attached hydrogens (tertiary/aromatic N) is 3. The smallest absolute Gasteiger partial charge is 0.152 e. The first-order valence-electron chi connectivity index (χ1n) is 7.23. The van der Waals surface area contributed by atoms with E-state index < -0.39 is 0 Å². The summed E-state index contributed by atoms with van der Waals surface area (Å²) in [7, 11) is 2.05. The van der Waals surface area contributed by atoms with Gasteiger partial charge in [0.1, 0.15) is 10.7 Å². The van der Waals surface area contributed by atoms with Crippen molar-refractivity contribution in [3.8, 4) is 0 Å². The van der Waals surface area contributed by atoms with Gasteiger partial charge in [-0.3, -0.25) is 4.90 Å². The van der Waals surface area contributed by atoms with Crippen molar-refractivity contribution in [2.75, 3.05) is 32.2 Å². The van der Waals surface area contributed by atoms with Crippen molar-refractivity contribution >= 4 is 27.4 Å². The van der Waals surface area contributed by atoms with Crippen LogP contribution in [-0.4, -0.2) is 41.7 Å². The molecule has 114 valence electrons. The summed E-state index contributed by atoms with van der Waals surface area (Å²) in [6.45, 7) is 3.24. The number of thiophene rings is 1. The molecular formula is C14H21N5OS. The number of hydrogen-bond donors (Lipinski definition) is 2. The molecule has 0 unspecified atom stereocenters. The van der Waals surface area contributed by atoms with E-state index in [0.717, 1.165) is 41.7 Å². The van der Waals surface area contributed by atoms with Crippen molar-refractivity contribution in [3.63, 3.8) is 0 Å². The van der Waals surface area contributed by atoms with Gasteiger partial charge in [0, 0.05) is 13.2 Å². The van der Waals surface area contributed by atoms with Gasteiger partial charge < -0.3 is 10.2 Å². The van der Waals surface area contributed by atoms with Crippen LogP contribution in [-0.2, 0) is 11.3 Å². The lowest BCUT2D eigenvalue weighted by Gasteiger charge is -2.16. The van der Waals surface area contributed by atoms with Gasteiger partial charge in [0.05, 0.1) is 18.5 Å². The molecule has 0 radical (unpaired) electrons. The molecule has 0 amide bonds. The summed E-state index contributed by atoms with van der Waals surface area (Å²) < 4.78 is 5.66. The predicted octanol–water partition coefficient (Wildman–Crippen LogP) is 1.84. The minimum Gasteiger partial charge on any atom is -0.380 e. The lowest BCUT2D eigenvalue weighted by molar-refractivity contribution is 0.101. The molecule has 0 aromatic carbocycles. The lowest BCUT2D eigenvalue weighted by atomic mass is 10.3. The summed E-state index contributed by atoms with van der Waals surface area (Å²) in [4.78, 5) is 12.2. The summed E-state index contributed by atoms with van der Waals surface area (Å²) in [6.07, 6.45) is 2.67. The first-order valence-corrected chi connectivity index (χ1v) is 8.11. The largest absolute Gasteiger partial charge is 0.380 e. The molecule has 2 aromatic rings. The fourth-order valence-corrected chi connectivity index (χ4v) is 2.94. The Morgan fingerprint density at radius 2 is 2.33 bits per heavy atom. The van der Waals surface area contributed by atoms with Crippen LogP contribution < -0.4 is 11.3 Å². The summed E-state index contributed by atoms with van der Waals surface area (Å²) in [5, 5.41) is 2.97. The third-order valence-corrected chi connectivity index (χ3v) is 4.39. The Balaban J connectivity index is 1.55. The van der Waals surface area contributed by atoms with E-state index in [0.29, 0.717) is 12.4 Å². The molecule has 7 heteroatoms. The third-order valence-electron chi connectivity index (χ3n) is 3.59. The molecule has 0 spiro atoms. The quantitative estimate of drug-likeness (QED) is 0.440. The number of hydrazine groups is 1. The highest BCUT2D eigenvalue weighted by molar-refractivity contribution is 7.16. The summed E-state index contributed by atoms with van der Waals surface area (Å²) in [5.41, 5.74) is 2.65. The van der Waals surface area contributed by atoms with E-state index in [4.69, 9.17) is 10.6 Å². The predicted molar refractivity (Wildman–Crippen MR) is 85.1 cm³/mol. The van der Waals surface area contributed by atoms with Gasteiger partial charge in [0.2, 0.25) is 0 Å². The second-order valence-corrected chi connectivity index (χ2v) is 6.42. The van der Waals surface area contributed by atoms with Crippen LogP contribution in [0.5, 0.6) is 0 Å². The number of nitrogen functional groups attached to an aromatic ring is 1. The average molecular weight is 307 g/mol. The van der Waals surface area contributed by atoms with Gasteiger partial charge in [-0.25, -0.2) is 15.8 Å². The van der Waals surface area contributed by atoms with Gasteiger partial charge in [-0.05, 0) is 37.3 Å². The molecule has 0 atom stereocenters. The van der Waals surface area contributed by atoms with E-state index in [1.165, 1.54) is 12.8 Å². The van der Waals surface area contributed by atoms with Crippen molar-refractivity contribution in [3.05, 3.63) is 17.3 Å². The van der Waals surface area contributed by atoms with Gasteiger partial charge in [0.25, 0.3) is 0 Å². The maximum Gasteiger partial charge on any atom is 0.152 e. The van der Waals surface area contributed by atoms with Crippen LogP contribution in [0.1, 0.15) is 18.7 Å². The zero-order valence-electron chi connectivity index (χ0n) is 12.2. The molecule has 0 saturated heterocycles. The molecule has 1 aliphatic carbocycles. The Hall–Kier alpha value is -1.28. The number of hydrogen-bond acceptors (Lipinski definition) is 7. The van der Waals surface area contributed by atoms with Crippen LogP contribution in [0.2, 0.25) is 0 Å². The third kappa shape index (κ3) is 3.88. The van der Waals surface area contributed by atoms with Crippen molar-refractivity contribution in [2.24, 2.45) is 11.8 Å². The summed E-state index contributed by atoms with van der Waals surface area (Å²) >= 11 is 1.60. The minimum atomic E-state index is 0.689. The Bertz CT molecular complexity index is 598. The second-order valence-electron chi connectivity index (χ2n) is 5.53. The Kier molecular flexibility index (Phi) is 4.64. The normalized spacial score (nSPS) is 15.0. The van der Waals surface area contributed by atoms with Gasteiger partial charge in [-0.15, -0.1) is 11.3 Å². The van der Waals surface area contributed by atoms with Gasteiger partial charge in [-0.2, -0.15) is 0 Å². The highest BCUT2D eigenvalue weighted by atomic mass is 32.1. The number of rotatable bonds is 8. The van der Waals surface area contributed by atoms with Crippen LogP contribution in [0.25, 0.3) is 10.2 Å². The number of anilines is 1. The van der Waals surface area contributed by atoms with Crippen molar-refractivity contribution in [1.29, 1.82) is 0 Å². The molecule has 3 N–H and O–H groups in total. The highest BCUT2D eigenvalue weighted by Crippen LogP contribution is 2.28. The summed E-state index contributed by atoms with van der Waals surface area (Å²) in [5.74, 6) is 7.83. The van der Waals surface area contributed by atoms with Crippen molar-refractivity contribution in [2.45, 2.75) is 19.4 Å². The molecule has 6 nitrogen and oxygen atoms in total. The Morgan fingerprint density at radius 1 is 1.48 bits per heavy atom. The Morgan fingerprint density at radius 3 is 3.10 bits per heavy atom. The SMILES string of the molecule is CN(CCOCC1CC1)Cc1nc(NN)c2ccsc2n1. The molecule has 21 heavy (non-hydrogen) atoms. The molecule has 1 fully saturated rings. The molecule has 2 heterocycles. The number of fused-ring (bicyclic) bond motifs is 1. The molecule has 1 aliphatic rings. The van der Waals surface area contributed by atoms with E-state index in [9.17, 15) is 0 Å². The molecule has 3 rings (SSSR count). The van der Waals surface area contributed by atoms with Gasteiger partial charge in [0.15, 0.2) is 5.82 Å². The number of nitrogens with two attached hydrogens (primary N) is 1. The van der Waals surface area contributed by atoms with Crippen LogP contribution in [0.4, 0.5) is 5.82 Å². The Labute approximate surface area is 128 Å². The molecule has 0 aliphatic heterocycles. The average Bonchev–Trinajstić information content (AvgIpc) is 3.18. The number of aromatic nitrogens is 2. The standard InChI is InChI=1S/C14H21N5OS/c1-19(5-6-20-9-10-2-3-10)8-12-16-13(18-15)11-4-7-21-14(11)17-12/h4,7,10H,2-3,5-6,8-9,15H2,1H3,(H,16,17,18). The van der Waals surface area contributed by atoms with E-state index in [1.807, 2.05) is 11.4 Å². The van der Waals surface area contributed by atoms with Gasteiger partial charge >= 0.3 is 0 Å². The monoisotopic (exact) mass is 307 g/mol. The van der Waals surface area contributed by atoms with E-state index in [-0.39, 0.29) is 0 Å². The van der Waals surface area contributed by atoms with Crippen LogP contribution >= 0.6 is 11.3 Å². The first-order chi connectivity index (χ1) is 10.3. The lowest BCUT2D eigenvalue weighted by Crippen LogP contribution is -2.24. The van der Waals surface area contributed by atoms with E-state index in [2.05, 4.69) is 27.3 Å². The van der Waals surface area contributed by atoms with E-state index in [1.54, 1.807) is 11.3 Å². The summed E-state index contributed by atoms with van der Waals surface area (Å²) in [6, 6.07) is 1.98. The maximum absolute atomic E-state index is 5.66. The van der Waals surface area contributed by atoms with Crippen LogP contribution in [0.3, 0.4) is 0 Å². The molecule has 2 aromatic heterocycles. The van der Waals surface area contributed by atoms with Crippen molar-refractivity contribution < 1.29 is 4.74 Å². The van der Waals surface area contributed by atoms with E-state index >= 15 is 0 Å². The van der Waals surface area contributed by atoms with Crippen LogP contribution in [0, 0.1) is 5.92 Å². The van der Waals surface area contributed by atoms with Gasteiger partial charge in [-0.1, -0.05) is 0 Å². The topological polar surface area (TPSA) is 76.3 Å². The number of ether oxygens (including phenoxy) is 1. The maximum atomic E-state index is 5.66. The molecule has 0 bridgehead atoms. The fraction of sp³-hybridized carbons (Fsp3) is 0.571. The highest BCUT2D eigenvalue weighted by Gasteiger charge is 2.21. The number of likely N-dealkylation sites (N-methyl/N-ethyl adjacent to an activating group) is 1. The second kappa shape index (κ2) is 6.65.